The summed E-state index contributed by atoms with van der Waals surface area (Å²) in [6, 6.07) is 8.01. The number of rotatable bonds is 4. The van der Waals surface area contributed by atoms with Crippen molar-refractivity contribution in [2.75, 3.05) is 0 Å². The van der Waals surface area contributed by atoms with Crippen molar-refractivity contribution in [2.45, 2.75) is 33.8 Å². The number of benzene rings is 1. The summed E-state index contributed by atoms with van der Waals surface area (Å²) in [5.41, 5.74) is 3.72. The van der Waals surface area contributed by atoms with Gasteiger partial charge in [-0.15, -0.1) is 0 Å². The van der Waals surface area contributed by atoms with Crippen LogP contribution < -0.4 is 0 Å². The number of nitrogens with zero attached hydrogens (tertiary/aromatic N) is 2. The van der Waals surface area contributed by atoms with Crippen LogP contribution in [0.3, 0.4) is 0 Å². The van der Waals surface area contributed by atoms with Crippen molar-refractivity contribution in [3.8, 4) is 5.69 Å². The van der Waals surface area contributed by atoms with Crippen LogP contribution in [-0.2, 0) is 13.0 Å². The maximum absolute atomic E-state index is 9.48. The second kappa shape index (κ2) is 5.76. The van der Waals surface area contributed by atoms with Crippen molar-refractivity contribution in [2.24, 2.45) is 5.92 Å². The first kappa shape index (κ1) is 14.1. The first-order chi connectivity index (χ1) is 9.02. The highest BCUT2D eigenvalue weighted by Crippen LogP contribution is 2.25. The molecule has 3 nitrogen and oxygen atoms in total. The van der Waals surface area contributed by atoms with Crippen LogP contribution in [0.2, 0.25) is 5.15 Å². The number of aromatic nitrogens is 2. The zero-order chi connectivity index (χ0) is 14.0. The molecule has 4 heteroatoms. The highest BCUT2D eigenvalue weighted by Gasteiger charge is 2.17. The van der Waals surface area contributed by atoms with Gasteiger partial charge in [0.25, 0.3) is 0 Å². The van der Waals surface area contributed by atoms with E-state index in [1.165, 1.54) is 5.56 Å². The van der Waals surface area contributed by atoms with Gasteiger partial charge in [0.05, 0.1) is 18.0 Å². The summed E-state index contributed by atoms with van der Waals surface area (Å²) in [4.78, 5) is 0. The van der Waals surface area contributed by atoms with E-state index < -0.39 is 0 Å². The molecule has 0 amide bonds. The van der Waals surface area contributed by atoms with Crippen molar-refractivity contribution in [3.05, 3.63) is 46.2 Å². The molecule has 0 saturated heterocycles. The minimum atomic E-state index is -0.0766. The van der Waals surface area contributed by atoms with Crippen molar-refractivity contribution in [3.63, 3.8) is 0 Å². The Hall–Kier alpha value is -1.32. The number of halogens is 1. The maximum atomic E-state index is 9.48. The van der Waals surface area contributed by atoms with Gasteiger partial charge in [0.15, 0.2) is 0 Å². The number of hydrogen-bond acceptors (Lipinski definition) is 2. The fourth-order valence-corrected chi connectivity index (χ4v) is 2.34. The van der Waals surface area contributed by atoms with Crippen LogP contribution in [0.1, 0.15) is 30.7 Å². The first-order valence-electron chi connectivity index (χ1n) is 6.47. The van der Waals surface area contributed by atoms with Crippen LogP contribution >= 0.6 is 11.6 Å². The number of aliphatic hydroxyl groups excluding tert-OH is 1. The average molecular weight is 279 g/mol. The second-order valence-corrected chi connectivity index (χ2v) is 5.58. The lowest BCUT2D eigenvalue weighted by atomic mass is 10.1. The number of aryl methyl sites for hydroxylation is 1. The largest absolute Gasteiger partial charge is 0.391 e. The Balaban J connectivity index is 2.46. The molecule has 2 aromatic rings. The molecular formula is C15H19ClN2O. The molecule has 0 radical (unpaired) electrons. The normalized spacial score (nSPS) is 11.3. The van der Waals surface area contributed by atoms with Gasteiger partial charge >= 0.3 is 0 Å². The van der Waals surface area contributed by atoms with E-state index >= 15 is 0 Å². The molecule has 102 valence electrons. The van der Waals surface area contributed by atoms with Crippen molar-refractivity contribution in [1.29, 1.82) is 0 Å². The summed E-state index contributed by atoms with van der Waals surface area (Å²) in [5.74, 6) is 0.475. The second-order valence-electron chi connectivity index (χ2n) is 5.22. The molecule has 0 saturated carbocycles. The van der Waals surface area contributed by atoms with E-state index in [9.17, 15) is 5.11 Å². The molecule has 0 spiro atoms. The van der Waals surface area contributed by atoms with Crippen molar-refractivity contribution >= 4 is 11.6 Å². The molecule has 0 aliphatic carbocycles. The summed E-state index contributed by atoms with van der Waals surface area (Å²) in [7, 11) is 0. The molecule has 1 aromatic heterocycles. The van der Waals surface area contributed by atoms with Crippen LogP contribution in [0, 0.1) is 12.8 Å². The van der Waals surface area contributed by atoms with Crippen LogP contribution in [-0.4, -0.2) is 14.9 Å². The van der Waals surface area contributed by atoms with Crippen molar-refractivity contribution in [1.82, 2.24) is 9.78 Å². The summed E-state index contributed by atoms with van der Waals surface area (Å²) in [5, 5.41) is 14.5. The Bertz CT molecular complexity index is 558. The predicted molar refractivity (Wildman–Crippen MR) is 77.8 cm³/mol. The third-order valence-corrected chi connectivity index (χ3v) is 3.43. The molecule has 0 bridgehead atoms. The van der Waals surface area contributed by atoms with Gasteiger partial charge in [-0.25, -0.2) is 4.68 Å². The van der Waals surface area contributed by atoms with Crippen LogP contribution in [0.5, 0.6) is 0 Å². The Morgan fingerprint density at radius 3 is 2.42 bits per heavy atom. The van der Waals surface area contributed by atoms with Crippen LogP contribution in [0.4, 0.5) is 0 Å². The van der Waals surface area contributed by atoms with Gasteiger partial charge in [-0.05, 0) is 31.4 Å². The third-order valence-electron chi connectivity index (χ3n) is 3.04. The van der Waals surface area contributed by atoms with Gasteiger partial charge in [-0.3, -0.25) is 0 Å². The van der Waals surface area contributed by atoms with E-state index in [0.717, 1.165) is 23.4 Å². The number of aliphatic hydroxyl groups is 1. The van der Waals surface area contributed by atoms with Gasteiger partial charge in [-0.1, -0.05) is 43.1 Å². The topological polar surface area (TPSA) is 38.0 Å². The van der Waals surface area contributed by atoms with Gasteiger partial charge in [0, 0.05) is 5.56 Å². The zero-order valence-electron chi connectivity index (χ0n) is 11.5. The molecule has 2 rings (SSSR count). The lowest BCUT2D eigenvalue weighted by Gasteiger charge is -2.03. The number of hydrogen-bond donors (Lipinski definition) is 1. The lowest BCUT2D eigenvalue weighted by Crippen LogP contribution is -2.00. The average Bonchev–Trinajstić information content (AvgIpc) is 2.66. The highest BCUT2D eigenvalue weighted by atomic mass is 35.5. The molecule has 19 heavy (non-hydrogen) atoms. The summed E-state index contributed by atoms with van der Waals surface area (Å²) < 4.78 is 1.70. The van der Waals surface area contributed by atoms with E-state index in [0.29, 0.717) is 11.1 Å². The molecule has 0 unspecified atom stereocenters. The van der Waals surface area contributed by atoms with E-state index in [2.05, 4.69) is 18.9 Å². The van der Waals surface area contributed by atoms with E-state index in [1.807, 2.05) is 31.2 Å². The zero-order valence-corrected chi connectivity index (χ0v) is 12.3. The Morgan fingerprint density at radius 1 is 1.26 bits per heavy atom. The van der Waals surface area contributed by atoms with Gasteiger partial charge < -0.3 is 5.11 Å². The van der Waals surface area contributed by atoms with E-state index in [-0.39, 0.29) is 6.61 Å². The Kier molecular flexibility index (Phi) is 4.27. The molecular weight excluding hydrogens is 260 g/mol. The van der Waals surface area contributed by atoms with Gasteiger partial charge in [0.1, 0.15) is 5.15 Å². The quantitative estimate of drug-likeness (QED) is 0.929. The fraction of sp³-hybridized carbons (Fsp3) is 0.400. The smallest absolute Gasteiger partial charge is 0.138 e. The molecule has 1 N–H and O–H groups in total. The monoisotopic (exact) mass is 278 g/mol. The van der Waals surface area contributed by atoms with Gasteiger partial charge in [-0.2, -0.15) is 5.10 Å². The fourth-order valence-electron chi connectivity index (χ4n) is 2.04. The Labute approximate surface area is 118 Å². The van der Waals surface area contributed by atoms with Crippen LogP contribution in [0.25, 0.3) is 5.69 Å². The summed E-state index contributed by atoms with van der Waals surface area (Å²) >= 11 is 6.33. The first-order valence-corrected chi connectivity index (χ1v) is 6.85. The molecule has 0 fully saturated rings. The third kappa shape index (κ3) is 2.99. The Morgan fingerprint density at radius 2 is 1.89 bits per heavy atom. The van der Waals surface area contributed by atoms with E-state index in [4.69, 9.17) is 11.6 Å². The maximum Gasteiger partial charge on any atom is 0.138 e. The molecule has 0 aliphatic rings. The lowest BCUT2D eigenvalue weighted by molar-refractivity contribution is 0.280. The minimum Gasteiger partial charge on any atom is -0.391 e. The minimum absolute atomic E-state index is 0.0766. The van der Waals surface area contributed by atoms with Crippen molar-refractivity contribution < 1.29 is 5.11 Å². The SMILES string of the molecule is Cc1ccc(-n2nc(CC(C)C)c(CO)c2Cl)cc1. The standard InChI is InChI=1S/C15H19ClN2O/c1-10(2)8-14-13(9-19)15(16)18(17-14)12-6-4-11(3)5-7-12/h4-7,10,19H,8-9H2,1-3H3. The molecule has 1 heterocycles. The molecule has 1 aromatic carbocycles. The molecule has 0 aliphatic heterocycles. The van der Waals surface area contributed by atoms with Crippen LogP contribution in [0.15, 0.2) is 24.3 Å². The predicted octanol–water partition coefficient (Wildman–Crippen LogP) is 3.52. The molecule has 0 atom stereocenters. The summed E-state index contributed by atoms with van der Waals surface area (Å²) in [6.07, 6.45) is 0.814. The van der Waals surface area contributed by atoms with Gasteiger partial charge in [0.2, 0.25) is 0 Å². The van der Waals surface area contributed by atoms with E-state index in [1.54, 1.807) is 4.68 Å². The highest BCUT2D eigenvalue weighted by molar-refractivity contribution is 6.30. The summed E-state index contributed by atoms with van der Waals surface area (Å²) in [6.45, 7) is 6.21.